The van der Waals surface area contributed by atoms with Crippen LogP contribution in [0.2, 0.25) is 0 Å². The number of benzene rings is 4. The zero-order valence-corrected chi connectivity index (χ0v) is 23.4. The molecule has 0 aromatic heterocycles. The fourth-order valence-electron chi connectivity index (χ4n) is 4.20. The Balaban J connectivity index is 2.02. The van der Waals surface area contributed by atoms with Gasteiger partial charge >= 0.3 is 0 Å². The molecule has 0 radical (unpaired) electrons. The maximum absolute atomic E-state index is 12.3. The van der Waals surface area contributed by atoms with Crippen molar-refractivity contribution in [1.29, 1.82) is 0 Å². The molecule has 4 aromatic rings. The van der Waals surface area contributed by atoms with Crippen molar-refractivity contribution in [3.8, 4) is 5.75 Å². The van der Waals surface area contributed by atoms with E-state index < -0.39 is 68.1 Å². The van der Waals surface area contributed by atoms with Gasteiger partial charge in [-0.25, -0.2) is 10.4 Å². The lowest BCUT2D eigenvalue weighted by Gasteiger charge is -2.20. The number of rotatable bonds is 7. The number of hydrazine groups is 1. The van der Waals surface area contributed by atoms with Gasteiger partial charge in [0.25, 0.3) is 30.4 Å². The molecule has 5 N–H and O–H groups in total. The Bertz CT molecular complexity index is 2110. The van der Waals surface area contributed by atoms with Crippen molar-refractivity contribution < 1.29 is 48.8 Å². The Morgan fingerprint density at radius 2 is 1.44 bits per heavy atom. The monoisotopic (exact) mass is 624 g/mol. The highest BCUT2D eigenvalue weighted by atomic mass is 32.2. The highest BCUT2D eigenvalue weighted by Crippen LogP contribution is 2.43. The molecule has 4 aromatic carbocycles. The summed E-state index contributed by atoms with van der Waals surface area (Å²) in [5.41, 5.74) is 1.45. The van der Waals surface area contributed by atoms with Crippen LogP contribution in [-0.2, 0) is 35.1 Å². The van der Waals surface area contributed by atoms with E-state index in [2.05, 4.69) is 15.7 Å². The molecular weight excluding hydrogens is 604 g/mol. The van der Waals surface area contributed by atoms with Crippen molar-refractivity contribution in [3.63, 3.8) is 0 Å². The normalized spacial score (nSPS) is 12.8. The predicted octanol–water partition coefficient (Wildman–Crippen LogP) is 3.34. The van der Waals surface area contributed by atoms with E-state index in [-0.39, 0.29) is 27.2 Å². The second-order valence-electron chi connectivity index (χ2n) is 8.45. The number of amides is 1. The smallest absolute Gasteiger partial charge is 0.297 e. The quantitative estimate of drug-likeness (QED) is 0.113. The maximum atomic E-state index is 12.3. The summed E-state index contributed by atoms with van der Waals surface area (Å²) in [5, 5.41) is 18.9. The van der Waals surface area contributed by atoms with Crippen LogP contribution >= 0.6 is 0 Å². The number of nitrogens with zero attached hydrogens (tertiary/aromatic N) is 3. The molecule has 0 unspecified atom stereocenters. The van der Waals surface area contributed by atoms with Gasteiger partial charge in [0.1, 0.15) is 26.1 Å². The molecule has 0 fully saturated rings. The van der Waals surface area contributed by atoms with Gasteiger partial charge in [-0.3, -0.25) is 18.5 Å². The Labute approximate surface area is 233 Å². The van der Waals surface area contributed by atoms with Crippen molar-refractivity contribution in [2.75, 3.05) is 12.1 Å². The Kier molecular flexibility index (Phi) is 7.60. The minimum Gasteiger partial charge on any atom is -0.505 e. The summed E-state index contributed by atoms with van der Waals surface area (Å²) >= 11 is 0. The van der Waals surface area contributed by atoms with Crippen LogP contribution in [0.5, 0.6) is 5.75 Å². The second-order valence-corrected chi connectivity index (χ2v) is 12.6. The van der Waals surface area contributed by atoms with Crippen molar-refractivity contribution >= 4 is 74.9 Å². The van der Waals surface area contributed by atoms with Crippen LogP contribution in [0.15, 0.2) is 79.5 Å². The summed E-state index contributed by atoms with van der Waals surface area (Å²) in [6.07, 6.45) is 0. The highest BCUT2D eigenvalue weighted by molar-refractivity contribution is 7.86. The number of fused-ring (bicyclic) bond motifs is 2. The van der Waals surface area contributed by atoms with E-state index in [0.717, 1.165) is 41.4 Å². The largest absolute Gasteiger partial charge is 0.505 e. The first kappa shape index (κ1) is 29.9. The Morgan fingerprint density at radius 3 is 2.00 bits per heavy atom. The van der Waals surface area contributed by atoms with Gasteiger partial charge in [0.2, 0.25) is 5.91 Å². The standard InChI is InChI=1S/C23H20N4O11S3/c1-12(28)27(24-2)14-7-6-13-10-20(40(33,34)35)21(22(29)17(13)11-14)26-25-18-9-8-15-16(23(18)41(36,37)38)4-3-5-19(15)39(30,31)32/h3-11,24,29H,1-2H3,(H,30,31,32)(H,33,34,35)(H,36,37,38). The van der Waals surface area contributed by atoms with Gasteiger partial charge in [-0.1, -0.05) is 24.3 Å². The molecule has 0 aliphatic rings. The van der Waals surface area contributed by atoms with Crippen LogP contribution < -0.4 is 10.4 Å². The number of hydrogen-bond acceptors (Lipinski definition) is 11. The van der Waals surface area contributed by atoms with Crippen LogP contribution in [-0.4, -0.2) is 57.0 Å². The molecule has 15 nitrogen and oxygen atoms in total. The Hall–Kier alpha value is -4.04. The van der Waals surface area contributed by atoms with Crippen molar-refractivity contribution in [1.82, 2.24) is 5.43 Å². The van der Waals surface area contributed by atoms with Crippen LogP contribution in [0.3, 0.4) is 0 Å². The molecule has 0 heterocycles. The first-order chi connectivity index (χ1) is 18.9. The van der Waals surface area contributed by atoms with E-state index >= 15 is 0 Å². The molecule has 0 bridgehead atoms. The average Bonchev–Trinajstić information content (AvgIpc) is 2.85. The summed E-state index contributed by atoms with van der Waals surface area (Å²) in [5.74, 6) is -1.24. The van der Waals surface area contributed by atoms with E-state index in [1.807, 2.05) is 0 Å². The third kappa shape index (κ3) is 5.75. The lowest BCUT2D eigenvalue weighted by Crippen LogP contribution is -2.38. The Morgan fingerprint density at radius 1 is 0.780 bits per heavy atom. The molecule has 0 spiro atoms. The molecule has 0 aliphatic heterocycles. The van der Waals surface area contributed by atoms with Crippen LogP contribution in [0.4, 0.5) is 17.1 Å². The molecule has 1 amide bonds. The molecule has 0 saturated carbocycles. The minimum absolute atomic E-state index is 0.0309. The SMILES string of the molecule is CNN(C(C)=O)c1ccc2cc(S(=O)(=O)O)c(N=Nc3ccc4c(S(=O)(=O)O)cccc4c3S(=O)(=O)O)c(O)c2c1. The van der Waals surface area contributed by atoms with Gasteiger partial charge in [0.05, 0.1) is 5.69 Å². The third-order valence-corrected chi connectivity index (χ3v) is 8.58. The lowest BCUT2D eigenvalue weighted by atomic mass is 10.1. The molecule has 0 atom stereocenters. The zero-order chi connectivity index (χ0) is 30.5. The van der Waals surface area contributed by atoms with E-state index in [1.165, 1.54) is 32.2 Å². The lowest BCUT2D eigenvalue weighted by molar-refractivity contribution is -0.117. The van der Waals surface area contributed by atoms with Gasteiger partial charge < -0.3 is 5.11 Å². The minimum atomic E-state index is -5.14. The van der Waals surface area contributed by atoms with Gasteiger partial charge in [-0.2, -0.15) is 25.3 Å². The molecule has 0 saturated heterocycles. The van der Waals surface area contributed by atoms with E-state index in [0.29, 0.717) is 0 Å². The number of carbonyl (C=O) groups is 1. The number of phenolic OH excluding ortho intramolecular Hbond substituents is 1. The van der Waals surface area contributed by atoms with Crippen molar-refractivity contribution in [3.05, 3.63) is 54.6 Å². The molecule has 4 rings (SSSR count). The predicted molar refractivity (Wildman–Crippen MR) is 145 cm³/mol. The van der Waals surface area contributed by atoms with Crippen LogP contribution in [0.25, 0.3) is 21.5 Å². The van der Waals surface area contributed by atoms with Crippen LogP contribution in [0, 0.1) is 0 Å². The first-order valence-corrected chi connectivity index (χ1v) is 15.4. The highest BCUT2D eigenvalue weighted by Gasteiger charge is 2.26. The fourth-order valence-corrected chi connectivity index (χ4v) is 6.39. The van der Waals surface area contributed by atoms with Crippen LogP contribution in [0.1, 0.15) is 6.92 Å². The summed E-state index contributed by atoms with van der Waals surface area (Å²) < 4.78 is 102. The van der Waals surface area contributed by atoms with E-state index in [9.17, 15) is 48.8 Å². The van der Waals surface area contributed by atoms with Gasteiger partial charge in [-0.15, -0.1) is 10.2 Å². The van der Waals surface area contributed by atoms with Crippen molar-refractivity contribution in [2.24, 2.45) is 10.2 Å². The number of anilines is 1. The molecule has 216 valence electrons. The second kappa shape index (κ2) is 10.4. The molecule has 18 heteroatoms. The number of azo groups is 1. The molecular formula is C23H20N4O11S3. The first-order valence-electron chi connectivity index (χ1n) is 11.1. The summed E-state index contributed by atoms with van der Waals surface area (Å²) in [7, 11) is -13.5. The number of hydrogen-bond donors (Lipinski definition) is 5. The van der Waals surface area contributed by atoms with E-state index in [4.69, 9.17) is 0 Å². The number of nitrogens with one attached hydrogen (secondary N) is 1. The summed E-state index contributed by atoms with van der Waals surface area (Å²) in [4.78, 5) is 9.42. The third-order valence-electron chi connectivity index (χ3n) is 5.86. The summed E-state index contributed by atoms with van der Waals surface area (Å²) in [6, 6.07) is 10.3. The summed E-state index contributed by atoms with van der Waals surface area (Å²) in [6.45, 7) is 1.26. The number of phenols is 1. The zero-order valence-electron chi connectivity index (χ0n) is 20.9. The van der Waals surface area contributed by atoms with Gasteiger partial charge in [-0.05, 0) is 35.7 Å². The fraction of sp³-hybridized carbons (Fsp3) is 0.0870. The topological polar surface area (TPSA) is 240 Å². The number of aromatic hydroxyl groups is 1. The van der Waals surface area contributed by atoms with E-state index in [1.54, 1.807) is 0 Å². The molecule has 0 aliphatic carbocycles. The average molecular weight is 625 g/mol. The number of carbonyl (C=O) groups excluding carboxylic acids is 1. The van der Waals surface area contributed by atoms with Gasteiger partial charge in [0.15, 0.2) is 5.75 Å². The van der Waals surface area contributed by atoms with Gasteiger partial charge in [0, 0.05) is 30.1 Å². The molecule has 41 heavy (non-hydrogen) atoms. The van der Waals surface area contributed by atoms with Crippen molar-refractivity contribution in [2.45, 2.75) is 21.6 Å². The maximum Gasteiger partial charge on any atom is 0.297 e.